The Bertz CT molecular complexity index is 574. The Kier molecular flexibility index (Phi) is 2.89. The van der Waals surface area contributed by atoms with E-state index in [1.54, 1.807) is 18.5 Å². The molecule has 2 heterocycles. The quantitative estimate of drug-likeness (QED) is 0.899. The monoisotopic (exact) mass is 261 g/mol. The number of hydrogen-bond donors (Lipinski definition) is 1. The maximum atomic E-state index is 6.13. The molecular formula is C13H12ClN3O. The van der Waals surface area contributed by atoms with Crippen LogP contribution in [-0.2, 0) is 6.42 Å². The van der Waals surface area contributed by atoms with Crippen molar-refractivity contribution in [1.82, 2.24) is 9.97 Å². The van der Waals surface area contributed by atoms with E-state index in [9.17, 15) is 0 Å². The lowest BCUT2D eigenvalue weighted by atomic mass is 10.1. The number of benzene rings is 1. The van der Waals surface area contributed by atoms with Gasteiger partial charge in [-0.1, -0.05) is 11.6 Å². The Balaban J connectivity index is 2.12. The SMILES string of the molecule is NC[C@@H]1Cc2cc(Cl)cc(-c3ncccn3)c2O1. The van der Waals surface area contributed by atoms with Gasteiger partial charge in [0.1, 0.15) is 11.9 Å². The van der Waals surface area contributed by atoms with Crippen molar-refractivity contribution in [2.75, 3.05) is 6.54 Å². The molecule has 18 heavy (non-hydrogen) atoms. The van der Waals surface area contributed by atoms with Gasteiger partial charge in [0, 0.05) is 35.9 Å². The van der Waals surface area contributed by atoms with Gasteiger partial charge in [-0.25, -0.2) is 9.97 Å². The van der Waals surface area contributed by atoms with E-state index in [1.807, 2.05) is 12.1 Å². The third kappa shape index (κ3) is 1.94. The van der Waals surface area contributed by atoms with Crippen LogP contribution < -0.4 is 10.5 Å². The van der Waals surface area contributed by atoms with Crippen LogP contribution in [0.2, 0.25) is 5.02 Å². The molecule has 0 saturated heterocycles. The van der Waals surface area contributed by atoms with Crippen LogP contribution >= 0.6 is 11.6 Å². The normalized spacial score (nSPS) is 17.3. The van der Waals surface area contributed by atoms with Gasteiger partial charge < -0.3 is 10.5 Å². The zero-order valence-corrected chi connectivity index (χ0v) is 10.4. The summed E-state index contributed by atoms with van der Waals surface area (Å²) in [6.07, 6.45) is 4.20. The minimum atomic E-state index is 0.0147. The average Bonchev–Trinajstić information content (AvgIpc) is 2.81. The van der Waals surface area contributed by atoms with Gasteiger partial charge in [-0.15, -0.1) is 0 Å². The lowest BCUT2D eigenvalue weighted by Crippen LogP contribution is -2.24. The Labute approximate surface area is 110 Å². The van der Waals surface area contributed by atoms with Crippen LogP contribution in [-0.4, -0.2) is 22.6 Å². The highest BCUT2D eigenvalue weighted by atomic mass is 35.5. The fourth-order valence-electron chi connectivity index (χ4n) is 2.13. The number of hydrogen-bond acceptors (Lipinski definition) is 4. The molecular weight excluding hydrogens is 250 g/mol. The van der Waals surface area contributed by atoms with E-state index < -0.39 is 0 Å². The Hall–Kier alpha value is -1.65. The van der Waals surface area contributed by atoms with E-state index in [0.29, 0.717) is 17.4 Å². The second-order valence-corrected chi connectivity index (χ2v) is 4.63. The molecule has 1 aromatic carbocycles. The molecule has 0 saturated carbocycles. The van der Waals surface area contributed by atoms with Crippen molar-refractivity contribution in [2.45, 2.75) is 12.5 Å². The number of ether oxygens (including phenoxy) is 1. The number of halogens is 1. The first-order valence-electron chi connectivity index (χ1n) is 5.74. The molecule has 0 spiro atoms. The molecule has 0 unspecified atom stereocenters. The fourth-order valence-corrected chi connectivity index (χ4v) is 2.37. The summed E-state index contributed by atoms with van der Waals surface area (Å²) >= 11 is 6.13. The highest BCUT2D eigenvalue weighted by Crippen LogP contribution is 2.39. The average molecular weight is 262 g/mol. The van der Waals surface area contributed by atoms with Crippen molar-refractivity contribution >= 4 is 11.6 Å². The number of aromatic nitrogens is 2. The molecule has 0 aliphatic carbocycles. The Morgan fingerprint density at radius 2 is 2.11 bits per heavy atom. The van der Waals surface area contributed by atoms with E-state index in [-0.39, 0.29) is 6.10 Å². The Morgan fingerprint density at radius 1 is 1.33 bits per heavy atom. The fraction of sp³-hybridized carbons (Fsp3) is 0.231. The first kappa shape index (κ1) is 11.4. The zero-order chi connectivity index (χ0) is 12.5. The summed E-state index contributed by atoms with van der Waals surface area (Å²) in [4.78, 5) is 8.47. The van der Waals surface area contributed by atoms with E-state index in [4.69, 9.17) is 22.1 Å². The summed E-state index contributed by atoms with van der Waals surface area (Å²) in [6, 6.07) is 5.52. The van der Waals surface area contributed by atoms with E-state index in [0.717, 1.165) is 23.3 Å². The van der Waals surface area contributed by atoms with Gasteiger partial charge in [-0.2, -0.15) is 0 Å². The summed E-state index contributed by atoms with van der Waals surface area (Å²) < 4.78 is 5.83. The van der Waals surface area contributed by atoms with Gasteiger partial charge in [0.2, 0.25) is 0 Å². The second kappa shape index (κ2) is 4.55. The van der Waals surface area contributed by atoms with Gasteiger partial charge in [0.05, 0.1) is 5.56 Å². The third-order valence-electron chi connectivity index (χ3n) is 2.93. The van der Waals surface area contributed by atoms with Gasteiger partial charge in [0.15, 0.2) is 5.82 Å². The van der Waals surface area contributed by atoms with E-state index in [1.165, 1.54) is 0 Å². The lowest BCUT2D eigenvalue weighted by molar-refractivity contribution is 0.242. The van der Waals surface area contributed by atoms with Crippen LogP contribution in [0.4, 0.5) is 0 Å². The molecule has 1 aromatic heterocycles. The maximum Gasteiger partial charge on any atom is 0.162 e. The van der Waals surface area contributed by atoms with Crippen molar-refractivity contribution in [3.63, 3.8) is 0 Å². The predicted octanol–water partition coefficient (Wildman–Crippen LogP) is 2.06. The van der Waals surface area contributed by atoms with Gasteiger partial charge in [-0.05, 0) is 18.2 Å². The minimum Gasteiger partial charge on any atom is -0.488 e. The highest BCUT2D eigenvalue weighted by Gasteiger charge is 2.26. The summed E-state index contributed by atoms with van der Waals surface area (Å²) in [5.41, 5.74) is 7.55. The van der Waals surface area contributed by atoms with Crippen molar-refractivity contribution in [2.24, 2.45) is 5.73 Å². The lowest BCUT2D eigenvalue weighted by Gasteiger charge is -2.10. The standard InChI is InChI=1S/C13H12ClN3O/c14-9-4-8-5-10(7-15)18-12(8)11(6-9)13-16-2-1-3-17-13/h1-4,6,10H,5,7,15H2/t10-/m0/s1. The summed E-state index contributed by atoms with van der Waals surface area (Å²) in [5.74, 6) is 1.43. The molecule has 0 fully saturated rings. The number of fused-ring (bicyclic) bond motifs is 1. The number of nitrogens with two attached hydrogens (primary N) is 1. The third-order valence-corrected chi connectivity index (χ3v) is 3.15. The molecule has 2 aromatic rings. The molecule has 1 aliphatic rings. The zero-order valence-electron chi connectivity index (χ0n) is 9.64. The smallest absolute Gasteiger partial charge is 0.162 e. The van der Waals surface area contributed by atoms with Crippen LogP contribution in [0.3, 0.4) is 0 Å². The number of nitrogens with zero attached hydrogens (tertiary/aromatic N) is 2. The van der Waals surface area contributed by atoms with Crippen LogP contribution in [0, 0.1) is 0 Å². The van der Waals surface area contributed by atoms with Crippen LogP contribution in [0.25, 0.3) is 11.4 Å². The van der Waals surface area contributed by atoms with Crippen LogP contribution in [0.5, 0.6) is 5.75 Å². The second-order valence-electron chi connectivity index (χ2n) is 4.19. The van der Waals surface area contributed by atoms with Crippen LogP contribution in [0.1, 0.15) is 5.56 Å². The topological polar surface area (TPSA) is 61.0 Å². The van der Waals surface area contributed by atoms with Crippen LogP contribution in [0.15, 0.2) is 30.6 Å². The molecule has 4 nitrogen and oxygen atoms in total. The van der Waals surface area contributed by atoms with E-state index in [2.05, 4.69) is 9.97 Å². The molecule has 1 aliphatic heterocycles. The molecule has 1 atom stereocenters. The number of rotatable bonds is 2. The largest absolute Gasteiger partial charge is 0.488 e. The summed E-state index contributed by atoms with van der Waals surface area (Å²) in [5, 5.41) is 0.664. The van der Waals surface area contributed by atoms with Gasteiger partial charge in [-0.3, -0.25) is 0 Å². The van der Waals surface area contributed by atoms with Crippen molar-refractivity contribution in [3.05, 3.63) is 41.2 Å². The maximum absolute atomic E-state index is 6.13. The molecule has 0 radical (unpaired) electrons. The van der Waals surface area contributed by atoms with Gasteiger partial charge >= 0.3 is 0 Å². The van der Waals surface area contributed by atoms with Crippen molar-refractivity contribution in [3.8, 4) is 17.1 Å². The molecule has 92 valence electrons. The van der Waals surface area contributed by atoms with Crippen molar-refractivity contribution in [1.29, 1.82) is 0 Å². The highest BCUT2D eigenvalue weighted by molar-refractivity contribution is 6.31. The summed E-state index contributed by atoms with van der Waals surface area (Å²) in [6.45, 7) is 0.487. The first-order chi connectivity index (χ1) is 8.78. The van der Waals surface area contributed by atoms with E-state index >= 15 is 0 Å². The van der Waals surface area contributed by atoms with Gasteiger partial charge in [0.25, 0.3) is 0 Å². The van der Waals surface area contributed by atoms with Crippen molar-refractivity contribution < 1.29 is 4.74 Å². The molecule has 0 amide bonds. The predicted molar refractivity (Wildman–Crippen MR) is 69.7 cm³/mol. The Morgan fingerprint density at radius 3 is 2.83 bits per heavy atom. The summed E-state index contributed by atoms with van der Waals surface area (Å²) in [7, 11) is 0. The minimum absolute atomic E-state index is 0.0147. The molecule has 5 heteroatoms. The first-order valence-corrected chi connectivity index (χ1v) is 6.12. The molecule has 0 bridgehead atoms. The molecule has 2 N–H and O–H groups in total. The molecule has 3 rings (SSSR count).